The van der Waals surface area contributed by atoms with Crippen molar-refractivity contribution in [2.45, 2.75) is 26.1 Å². The van der Waals surface area contributed by atoms with E-state index in [1.807, 2.05) is 42.6 Å². The molecular weight excluding hydrogens is 503 g/mol. The van der Waals surface area contributed by atoms with E-state index in [-0.39, 0.29) is 19.0 Å². The Morgan fingerprint density at radius 2 is 1.88 bits per heavy atom. The third-order valence-electron chi connectivity index (χ3n) is 5.43. The first-order chi connectivity index (χ1) is 16.4. The fourth-order valence-corrected chi connectivity index (χ4v) is 3.90. The molecule has 4 rings (SSSR count). The van der Waals surface area contributed by atoms with Crippen LogP contribution in [0.2, 0.25) is 0 Å². The maximum atomic E-state index is 14.9. The number of amides is 2. The van der Waals surface area contributed by atoms with Gasteiger partial charge in [-0.05, 0) is 56.9 Å². The van der Waals surface area contributed by atoms with Gasteiger partial charge in [0, 0.05) is 31.8 Å². The van der Waals surface area contributed by atoms with Crippen LogP contribution in [0.1, 0.15) is 18.1 Å². The van der Waals surface area contributed by atoms with Gasteiger partial charge in [-0.3, -0.25) is 9.69 Å². The normalized spacial score (nSPS) is 15.3. The third-order valence-corrected chi connectivity index (χ3v) is 5.90. The molecule has 2 aromatic carbocycles. The highest BCUT2D eigenvalue weighted by Gasteiger charge is 2.32. The molecule has 0 aliphatic carbocycles. The number of rotatable bonds is 8. The molecule has 7 nitrogen and oxygen atoms in total. The largest absolute Gasteiger partial charge is 0.442 e. The number of benzene rings is 2. The first-order valence-electron chi connectivity index (χ1n) is 10.8. The number of pyridine rings is 1. The summed E-state index contributed by atoms with van der Waals surface area (Å²) in [6, 6.07) is 16.3. The number of nitrogens with one attached hydrogen (secondary N) is 2. The van der Waals surface area contributed by atoms with E-state index in [4.69, 9.17) is 4.74 Å². The molecule has 1 aliphatic heterocycles. The highest BCUT2D eigenvalue weighted by molar-refractivity contribution is 9.10. The second-order valence-corrected chi connectivity index (χ2v) is 8.82. The van der Waals surface area contributed by atoms with Gasteiger partial charge in [0.1, 0.15) is 16.5 Å². The molecule has 0 radical (unpaired) electrons. The van der Waals surface area contributed by atoms with Crippen LogP contribution in [0.4, 0.5) is 14.9 Å². The Kier molecular flexibility index (Phi) is 7.54. The topological polar surface area (TPSA) is 83.6 Å². The van der Waals surface area contributed by atoms with Crippen molar-refractivity contribution in [2.75, 3.05) is 18.0 Å². The van der Waals surface area contributed by atoms with Crippen LogP contribution < -0.4 is 15.5 Å². The van der Waals surface area contributed by atoms with Crippen LogP contribution in [0.15, 0.2) is 65.4 Å². The van der Waals surface area contributed by atoms with E-state index in [1.165, 1.54) is 17.9 Å². The zero-order chi connectivity index (χ0) is 24.1. The Labute approximate surface area is 205 Å². The fourth-order valence-electron chi connectivity index (χ4n) is 3.67. The monoisotopic (exact) mass is 526 g/mol. The van der Waals surface area contributed by atoms with Gasteiger partial charge in [0.05, 0.1) is 18.8 Å². The Morgan fingerprint density at radius 3 is 2.56 bits per heavy atom. The van der Waals surface area contributed by atoms with Crippen molar-refractivity contribution in [3.8, 4) is 11.1 Å². The number of carbonyl (C=O) groups excluding carboxylic acids is 2. The number of anilines is 1. The van der Waals surface area contributed by atoms with Crippen LogP contribution in [-0.4, -0.2) is 36.2 Å². The van der Waals surface area contributed by atoms with Gasteiger partial charge in [-0.1, -0.05) is 30.3 Å². The molecule has 1 atom stereocenters. The highest BCUT2D eigenvalue weighted by atomic mass is 79.9. The van der Waals surface area contributed by atoms with Gasteiger partial charge in [0.15, 0.2) is 0 Å². The Morgan fingerprint density at radius 1 is 1.15 bits per heavy atom. The number of ether oxygens (including phenoxy) is 1. The fraction of sp³-hybridized carbons (Fsp3) is 0.240. The lowest BCUT2D eigenvalue weighted by molar-refractivity contribution is -0.119. The summed E-state index contributed by atoms with van der Waals surface area (Å²) in [4.78, 5) is 28.8. The van der Waals surface area contributed by atoms with Gasteiger partial charge < -0.3 is 15.4 Å². The molecular formula is C25H24BrFN4O3. The Bertz CT molecular complexity index is 1170. The molecule has 1 aliphatic rings. The molecule has 0 saturated carbocycles. The molecule has 9 heteroatoms. The maximum Gasteiger partial charge on any atom is 0.414 e. The summed E-state index contributed by atoms with van der Waals surface area (Å²) in [7, 11) is 0. The summed E-state index contributed by atoms with van der Waals surface area (Å²) in [5.74, 6) is -0.627. The van der Waals surface area contributed by atoms with Gasteiger partial charge in [-0.15, -0.1) is 0 Å². The molecule has 2 N–H and O–H groups in total. The number of hydrogen-bond donors (Lipinski definition) is 2. The van der Waals surface area contributed by atoms with Crippen molar-refractivity contribution in [1.82, 2.24) is 15.6 Å². The number of aromatic nitrogens is 1. The van der Waals surface area contributed by atoms with Gasteiger partial charge in [-0.2, -0.15) is 0 Å². The second-order valence-electron chi connectivity index (χ2n) is 8.01. The zero-order valence-corrected chi connectivity index (χ0v) is 20.1. The van der Waals surface area contributed by atoms with Crippen LogP contribution in [0.5, 0.6) is 0 Å². The minimum atomic E-state index is -0.557. The molecule has 0 bridgehead atoms. The maximum absolute atomic E-state index is 14.9. The molecule has 176 valence electrons. The molecule has 0 spiro atoms. The SMILES string of the molecule is CC(=O)NCC1CN(c2ccc(-c3ccc(CNCc4ccc(Br)nc4)cc3)c(F)c2)C(=O)O1. The van der Waals surface area contributed by atoms with Crippen LogP contribution in [0.25, 0.3) is 11.1 Å². The molecule has 2 amide bonds. The van der Waals surface area contributed by atoms with Crippen molar-refractivity contribution in [1.29, 1.82) is 0 Å². The molecule has 1 unspecified atom stereocenters. The molecule has 1 saturated heterocycles. The van der Waals surface area contributed by atoms with E-state index in [0.29, 0.717) is 24.3 Å². The van der Waals surface area contributed by atoms with Crippen LogP contribution in [0.3, 0.4) is 0 Å². The number of carbonyl (C=O) groups is 2. The third kappa shape index (κ3) is 5.98. The van der Waals surface area contributed by atoms with Gasteiger partial charge in [0.2, 0.25) is 5.91 Å². The Balaban J connectivity index is 1.36. The summed E-state index contributed by atoms with van der Waals surface area (Å²) in [5.41, 5.74) is 3.78. The average molecular weight is 527 g/mol. The lowest BCUT2D eigenvalue weighted by Crippen LogP contribution is -2.33. The highest BCUT2D eigenvalue weighted by Crippen LogP contribution is 2.29. The average Bonchev–Trinajstić information content (AvgIpc) is 3.20. The minimum Gasteiger partial charge on any atom is -0.442 e. The number of hydrogen-bond acceptors (Lipinski definition) is 5. The lowest BCUT2D eigenvalue weighted by Gasteiger charge is -2.15. The van der Waals surface area contributed by atoms with E-state index < -0.39 is 18.0 Å². The number of halogens is 2. The second kappa shape index (κ2) is 10.8. The summed E-state index contributed by atoms with van der Waals surface area (Å²) in [5, 5.41) is 5.99. The van der Waals surface area contributed by atoms with Crippen molar-refractivity contribution >= 4 is 33.6 Å². The summed E-state index contributed by atoms with van der Waals surface area (Å²) in [6.45, 7) is 3.24. The Hall–Kier alpha value is -3.30. The van der Waals surface area contributed by atoms with Crippen molar-refractivity contribution in [2.24, 2.45) is 0 Å². The standard InChI is InChI=1S/C25H24BrFN4O3/c1-16(32)29-14-21-15-31(25(33)34-21)20-7-8-22(23(27)10-20)19-5-2-17(3-6-19)11-28-12-18-4-9-24(26)30-13-18/h2-10,13,21,28H,11-12,14-15H2,1H3,(H,29,32). The van der Waals surface area contributed by atoms with Crippen LogP contribution in [0, 0.1) is 5.82 Å². The smallest absolute Gasteiger partial charge is 0.414 e. The van der Waals surface area contributed by atoms with Crippen molar-refractivity contribution < 1.29 is 18.7 Å². The van der Waals surface area contributed by atoms with Gasteiger partial charge in [-0.25, -0.2) is 14.2 Å². The van der Waals surface area contributed by atoms with E-state index in [0.717, 1.165) is 21.3 Å². The van der Waals surface area contributed by atoms with Crippen molar-refractivity contribution in [3.63, 3.8) is 0 Å². The van der Waals surface area contributed by atoms with Crippen LogP contribution in [-0.2, 0) is 22.6 Å². The summed E-state index contributed by atoms with van der Waals surface area (Å²) < 4.78 is 21.0. The number of nitrogens with zero attached hydrogens (tertiary/aromatic N) is 2. The van der Waals surface area contributed by atoms with E-state index >= 15 is 0 Å². The summed E-state index contributed by atoms with van der Waals surface area (Å²) in [6.07, 6.45) is 0.788. The molecule has 34 heavy (non-hydrogen) atoms. The number of cyclic esters (lactones) is 1. The molecule has 2 heterocycles. The minimum absolute atomic E-state index is 0.200. The van der Waals surface area contributed by atoms with E-state index in [9.17, 15) is 14.0 Å². The first-order valence-corrected chi connectivity index (χ1v) is 11.6. The first kappa shape index (κ1) is 23.8. The molecule has 1 fully saturated rings. The van der Waals surface area contributed by atoms with Gasteiger partial charge in [0.25, 0.3) is 0 Å². The zero-order valence-electron chi connectivity index (χ0n) is 18.6. The predicted molar refractivity (Wildman–Crippen MR) is 131 cm³/mol. The lowest BCUT2D eigenvalue weighted by atomic mass is 10.0. The predicted octanol–water partition coefficient (Wildman–Crippen LogP) is 4.40. The van der Waals surface area contributed by atoms with Crippen molar-refractivity contribution in [3.05, 3.63) is 82.3 Å². The van der Waals surface area contributed by atoms with E-state index in [1.54, 1.807) is 12.1 Å². The quantitative estimate of drug-likeness (QED) is 0.425. The van der Waals surface area contributed by atoms with Crippen LogP contribution >= 0.6 is 15.9 Å². The van der Waals surface area contributed by atoms with Gasteiger partial charge >= 0.3 is 6.09 Å². The summed E-state index contributed by atoms with van der Waals surface area (Å²) >= 11 is 3.32. The molecule has 1 aromatic heterocycles. The van der Waals surface area contributed by atoms with E-state index in [2.05, 4.69) is 31.5 Å². The molecule has 3 aromatic rings.